The molecule has 20 heavy (non-hydrogen) atoms. The first kappa shape index (κ1) is 14.5. The molecule has 0 radical (unpaired) electrons. The van der Waals surface area contributed by atoms with Gasteiger partial charge in [0.25, 0.3) is 0 Å². The first-order valence-corrected chi connectivity index (χ1v) is 6.49. The molecule has 0 aliphatic rings. The standard InChI is InChI=1S/C14H13BrFNO3/c1-18-11-4-3-5-12(19-2)14(11)20-13-7-9(16)8(15)6-10(13)17/h3-7H,17H2,1-2H3. The quantitative estimate of drug-likeness (QED) is 0.854. The van der Waals surface area contributed by atoms with Crippen molar-refractivity contribution in [3.63, 3.8) is 0 Å². The van der Waals surface area contributed by atoms with E-state index >= 15 is 0 Å². The van der Waals surface area contributed by atoms with E-state index in [4.69, 9.17) is 19.9 Å². The molecule has 0 unspecified atom stereocenters. The summed E-state index contributed by atoms with van der Waals surface area (Å²) in [6.45, 7) is 0. The van der Waals surface area contributed by atoms with Crippen molar-refractivity contribution in [2.45, 2.75) is 0 Å². The Kier molecular flexibility index (Phi) is 4.34. The van der Waals surface area contributed by atoms with Gasteiger partial charge in [0.05, 0.1) is 24.4 Å². The van der Waals surface area contributed by atoms with Gasteiger partial charge < -0.3 is 19.9 Å². The molecular weight excluding hydrogens is 329 g/mol. The first-order valence-electron chi connectivity index (χ1n) is 5.70. The van der Waals surface area contributed by atoms with E-state index < -0.39 is 5.82 Å². The number of nitrogen functional groups attached to an aromatic ring is 1. The summed E-state index contributed by atoms with van der Waals surface area (Å²) in [7, 11) is 3.01. The molecular formula is C14H13BrFNO3. The molecule has 0 spiro atoms. The number of ether oxygens (including phenoxy) is 3. The van der Waals surface area contributed by atoms with Crippen LogP contribution in [0, 0.1) is 5.82 Å². The van der Waals surface area contributed by atoms with Crippen LogP contribution in [-0.2, 0) is 0 Å². The Morgan fingerprint density at radius 3 is 2.20 bits per heavy atom. The van der Waals surface area contributed by atoms with Crippen molar-refractivity contribution in [3.8, 4) is 23.0 Å². The summed E-state index contributed by atoms with van der Waals surface area (Å²) in [6, 6.07) is 7.82. The largest absolute Gasteiger partial charge is 0.493 e. The number of hydrogen-bond acceptors (Lipinski definition) is 4. The van der Waals surface area contributed by atoms with Crippen LogP contribution in [0.15, 0.2) is 34.8 Å². The Labute approximate surface area is 124 Å². The molecule has 0 aromatic heterocycles. The van der Waals surface area contributed by atoms with Gasteiger partial charge in [-0.3, -0.25) is 0 Å². The topological polar surface area (TPSA) is 53.7 Å². The van der Waals surface area contributed by atoms with Crippen molar-refractivity contribution in [2.24, 2.45) is 0 Å². The lowest BCUT2D eigenvalue weighted by Gasteiger charge is -2.15. The maximum atomic E-state index is 13.6. The number of anilines is 1. The SMILES string of the molecule is COc1cccc(OC)c1Oc1cc(F)c(Br)cc1N. The van der Waals surface area contributed by atoms with E-state index in [1.807, 2.05) is 0 Å². The van der Waals surface area contributed by atoms with E-state index in [1.54, 1.807) is 18.2 Å². The summed E-state index contributed by atoms with van der Waals surface area (Å²) in [5.41, 5.74) is 6.12. The molecule has 0 amide bonds. The predicted molar refractivity (Wildman–Crippen MR) is 78.1 cm³/mol. The average Bonchev–Trinajstić information content (AvgIpc) is 2.44. The minimum atomic E-state index is -0.469. The van der Waals surface area contributed by atoms with Gasteiger partial charge in [-0.2, -0.15) is 0 Å². The lowest BCUT2D eigenvalue weighted by Crippen LogP contribution is -1.98. The van der Waals surface area contributed by atoms with Gasteiger partial charge >= 0.3 is 0 Å². The molecule has 0 saturated heterocycles. The maximum absolute atomic E-state index is 13.6. The molecule has 2 aromatic carbocycles. The number of benzene rings is 2. The average molecular weight is 342 g/mol. The fraction of sp³-hybridized carbons (Fsp3) is 0.143. The van der Waals surface area contributed by atoms with Gasteiger partial charge in [-0.1, -0.05) is 6.07 Å². The Balaban J connectivity index is 2.47. The summed E-state index contributed by atoms with van der Waals surface area (Å²) >= 11 is 3.06. The summed E-state index contributed by atoms with van der Waals surface area (Å²) in [5.74, 6) is 0.988. The predicted octanol–water partition coefficient (Wildman–Crippen LogP) is 3.98. The molecule has 2 aromatic rings. The highest BCUT2D eigenvalue weighted by Crippen LogP contribution is 2.42. The maximum Gasteiger partial charge on any atom is 0.211 e. The van der Waals surface area contributed by atoms with Gasteiger partial charge in [-0.15, -0.1) is 0 Å². The van der Waals surface area contributed by atoms with Gasteiger partial charge in [-0.25, -0.2) is 4.39 Å². The second-order valence-electron chi connectivity index (χ2n) is 3.90. The molecule has 0 atom stereocenters. The Hall–Kier alpha value is -1.95. The van der Waals surface area contributed by atoms with Gasteiger partial charge in [0.1, 0.15) is 5.82 Å². The third-order valence-corrected chi connectivity index (χ3v) is 3.26. The first-order chi connectivity index (χ1) is 9.56. The number of para-hydroxylation sites is 1. The van der Waals surface area contributed by atoms with Crippen LogP contribution in [-0.4, -0.2) is 14.2 Å². The molecule has 4 nitrogen and oxygen atoms in total. The minimum absolute atomic E-state index is 0.188. The monoisotopic (exact) mass is 341 g/mol. The van der Waals surface area contributed by atoms with E-state index in [2.05, 4.69) is 15.9 Å². The van der Waals surface area contributed by atoms with Crippen LogP contribution < -0.4 is 19.9 Å². The zero-order valence-corrected chi connectivity index (χ0v) is 12.5. The van der Waals surface area contributed by atoms with Gasteiger partial charge in [0.2, 0.25) is 5.75 Å². The fourth-order valence-electron chi connectivity index (χ4n) is 1.66. The van der Waals surface area contributed by atoms with Gasteiger partial charge in [0.15, 0.2) is 17.2 Å². The summed E-state index contributed by atoms with van der Waals surface area (Å²) in [6.07, 6.45) is 0. The highest BCUT2D eigenvalue weighted by molar-refractivity contribution is 9.10. The van der Waals surface area contributed by atoms with E-state index in [9.17, 15) is 4.39 Å². The molecule has 0 fully saturated rings. The van der Waals surface area contributed by atoms with Crippen molar-refractivity contribution in [1.82, 2.24) is 0 Å². The molecule has 0 aliphatic heterocycles. The zero-order chi connectivity index (χ0) is 14.7. The fourth-order valence-corrected chi connectivity index (χ4v) is 2.02. The third-order valence-electron chi connectivity index (χ3n) is 2.65. The van der Waals surface area contributed by atoms with Crippen LogP contribution in [0.2, 0.25) is 0 Å². The molecule has 0 saturated carbocycles. The highest BCUT2D eigenvalue weighted by Gasteiger charge is 2.15. The second-order valence-corrected chi connectivity index (χ2v) is 4.75. The number of rotatable bonds is 4. The van der Waals surface area contributed by atoms with E-state index in [1.165, 1.54) is 26.4 Å². The van der Waals surface area contributed by atoms with Crippen molar-refractivity contribution < 1.29 is 18.6 Å². The van der Waals surface area contributed by atoms with Crippen LogP contribution >= 0.6 is 15.9 Å². The zero-order valence-electron chi connectivity index (χ0n) is 10.9. The Bertz CT molecular complexity index is 612. The van der Waals surface area contributed by atoms with Crippen LogP contribution in [0.4, 0.5) is 10.1 Å². The minimum Gasteiger partial charge on any atom is -0.493 e. The number of hydrogen-bond donors (Lipinski definition) is 1. The lowest BCUT2D eigenvalue weighted by molar-refractivity contribution is 0.346. The van der Waals surface area contributed by atoms with Crippen molar-refractivity contribution in [1.29, 1.82) is 0 Å². The van der Waals surface area contributed by atoms with E-state index in [0.717, 1.165) is 0 Å². The number of halogens is 2. The molecule has 2 rings (SSSR count). The Morgan fingerprint density at radius 2 is 1.65 bits per heavy atom. The van der Waals surface area contributed by atoms with Crippen LogP contribution in [0.5, 0.6) is 23.0 Å². The summed E-state index contributed by atoms with van der Waals surface area (Å²) < 4.78 is 29.9. The third kappa shape index (κ3) is 2.80. The van der Waals surface area contributed by atoms with Crippen LogP contribution in [0.1, 0.15) is 0 Å². The highest BCUT2D eigenvalue weighted by atomic mass is 79.9. The van der Waals surface area contributed by atoms with Crippen molar-refractivity contribution in [3.05, 3.63) is 40.6 Å². The normalized spacial score (nSPS) is 10.2. The second kappa shape index (κ2) is 6.00. The Morgan fingerprint density at radius 1 is 1.05 bits per heavy atom. The molecule has 0 heterocycles. The smallest absolute Gasteiger partial charge is 0.211 e. The molecule has 0 bridgehead atoms. The molecule has 2 N–H and O–H groups in total. The molecule has 0 aliphatic carbocycles. The lowest BCUT2D eigenvalue weighted by atomic mass is 10.2. The van der Waals surface area contributed by atoms with Crippen molar-refractivity contribution >= 4 is 21.6 Å². The van der Waals surface area contributed by atoms with E-state index in [-0.39, 0.29) is 10.2 Å². The van der Waals surface area contributed by atoms with Crippen LogP contribution in [0.25, 0.3) is 0 Å². The van der Waals surface area contributed by atoms with Crippen LogP contribution in [0.3, 0.4) is 0 Å². The molecule has 106 valence electrons. The number of nitrogens with two attached hydrogens (primary N) is 1. The van der Waals surface area contributed by atoms with E-state index in [0.29, 0.717) is 22.9 Å². The molecule has 6 heteroatoms. The summed E-state index contributed by atoms with van der Waals surface area (Å²) in [5, 5.41) is 0. The number of methoxy groups -OCH3 is 2. The summed E-state index contributed by atoms with van der Waals surface area (Å²) in [4.78, 5) is 0. The van der Waals surface area contributed by atoms with Crippen molar-refractivity contribution in [2.75, 3.05) is 20.0 Å². The van der Waals surface area contributed by atoms with Gasteiger partial charge in [-0.05, 0) is 34.1 Å². The van der Waals surface area contributed by atoms with Gasteiger partial charge in [0, 0.05) is 6.07 Å².